The monoisotopic (exact) mass is 404 g/mol. The zero-order valence-corrected chi connectivity index (χ0v) is 17.5. The van der Waals surface area contributed by atoms with Gasteiger partial charge in [0.1, 0.15) is 11.9 Å². The van der Waals surface area contributed by atoms with Crippen LogP contribution in [0, 0.1) is 18.3 Å². The standard InChI is InChI=1S/C23H28N6O/c1-19-4-2-6-21(16-19)27-12-14-28(15-13-27)22(30)18-26-8-10-29(11-9-26)23-20(17-24)5-3-7-25-23/h2-7,16H,8-15,18H2,1H3. The maximum Gasteiger partial charge on any atom is 0.236 e. The minimum atomic E-state index is 0.211. The Balaban J connectivity index is 1.25. The van der Waals surface area contributed by atoms with Gasteiger partial charge in [-0.2, -0.15) is 5.26 Å². The molecule has 2 fully saturated rings. The van der Waals surface area contributed by atoms with E-state index in [1.165, 1.54) is 11.3 Å². The van der Waals surface area contributed by atoms with Crippen molar-refractivity contribution in [1.29, 1.82) is 5.26 Å². The summed E-state index contributed by atoms with van der Waals surface area (Å²) in [4.78, 5) is 25.9. The molecule has 2 aromatic rings. The maximum absolute atomic E-state index is 12.8. The van der Waals surface area contributed by atoms with Gasteiger partial charge in [0.25, 0.3) is 0 Å². The molecule has 3 heterocycles. The SMILES string of the molecule is Cc1cccc(N2CCN(C(=O)CN3CCN(c4ncccc4C#N)CC3)CC2)c1. The first kappa shape index (κ1) is 20.2. The van der Waals surface area contributed by atoms with E-state index in [0.29, 0.717) is 12.1 Å². The van der Waals surface area contributed by atoms with Gasteiger partial charge in [-0.3, -0.25) is 9.69 Å². The number of aryl methyl sites for hydroxylation is 1. The largest absolute Gasteiger partial charge is 0.368 e. The molecule has 1 aromatic carbocycles. The molecule has 0 aliphatic carbocycles. The van der Waals surface area contributed by atoms with Gasteiger partial charge in [0, 0.05) is 64.2 Å². The summed E-state index contributed by atoms with van der Waals surface area (Å²) in [7, 11) is 0. The molecule has 4 rings (SSSR count). The lowest BCUT2D eigenvalue weighted by Gasteiger charge is -2.39. The van der Waals surface area contributed by atoms with E-state index >= 15 is 0 Å². The van der Waals surface area contributed by atoms with Crippen LogP contribution in [-0.4, -0.2) is 79.6 Å². The van der Waals surface area contributed by atoms with Crippen LogP contribution >= 0.6 is 0 Å². The van der Waals surface area contributed by atoms with Crippen molar-refractivity contribution >= 4 is 17.4 Å². The molecule has 1 amide bonds. The van der Waals surface area contributed by atoms with Crippen molar-refractivity contribution in [3.8, 4) is 6.07 Å². The van der Waals surface area contributed by atoms with E-state index in [1.807, 2.05) is 4.90 Å². The van der Waals surface area contributed by atoms with E-state index in [9.17, 15) is 10.1 Å². The number of piperazine rings is 2. The number of hydrogen-bond acceptors (Lipinski definition) is 6. The summed E-state index contributed by atoms with van der Waals surface area (Å²) in [6.07, 6.45) is 1.72. The number of nitriles is 1. The lowest BCUT2D eigenvalue weighted by Crippen LogP contribution is -2.54. The van der Waals surface area contributed by atoms with E-state index in [2.05, 4.69) is 56.9 Å². The molecule has 0 N–H and O–H groups in total. The summed E-state index contributed by atoms with van der Waals surface area (Å²) in [5.41, 5.74) is 3.11. The van der Waals surface area contributed by atoms with Crippen molar-refractivity contribution in [2.45, 2.75) is 6.92 Å². The fourth-order valence-electron chi connectivity index (χ4n) is 4.18. The maximum atomic E-state index is 12.8. The van der Waals surface area contributed by atoms with E-state index in [4.69, 9.17) is 0 Å². The van der Waals surface area contributed by atoms with Crippen LogP contribution in [0.25, 0.3) is 0 Å². The second-order valence-electron chi connectivity index (χ2n) is 7.96. The third-order valence-corrected chi connectivity index (χ3v) is 5.94. The Bertz CT molecular complexity index is 923. The molecule has 2 saturated heterocycles. The summed E-state index contributed by atoms with van der Waals surface area (Å²) >= 11 is 0. The Labute approximate surface area is 178 Å². The number of carbonyl (C=O) groups is 1. The number of amides is 1. The zero-order valence-electron chi connectivity index (χ0n) is 17.5. The van der Waals surface area contributed by atoms with Crippen LogP contribution in [0.15, 0.2) is 42.6 Å². The second kappa shape index (κ2) is 9.14. The van der Waals surface area contributed by atoms with Gasteiger partial charge in [0.05, 0.1) is 12.1 Å². The van der Waals surface area contributed by atoms with Gasteiger partial charge in [-0.05, 0) is 36.8 Å². The number of hydrogen-bond donors (Lipinski definition) is 0. The number of carbonyl (C=O) groups excluding carboxylic acids is 1. The van der Waals surface area contributed by atoms with Crippen LogP contribution in [0.1, 0.15) is 11.1 Å². The Morgan fingerprint density at radius 1 is 1.00 bits per heavy atom. The summed E-state index contributed by atoms with van der Waals surface area (Å²) in [6, 6.07) is 14.3. The predicted octanol–water partition coefficient (Wildman–Crippen LogP) is 1.73. The quantitative estimate of drug-likeness (QED) is 0.773. The van der Waals surface area contributed by atoms with Gasteiger partial charge in [0.15, 0.2) is 0 Å². The van der Waals surface area contributed by atoms with Crippen LogP contribution in [-0.2, 0) is 4.79 Å². The molecule has 7 heteroatoms. The molecule has 0 spiro atoms. The average molecular weight is 405 g/mol. The Hall–Kier alpha value is -3.11. The molecule has 2 aliphatic rings. The van der Waals surface area contributed by atoms with Crippen molar-refractivity contribution in [3.63, 3.8) is 0 Å². The Kier molecular flexibility index (Phi) is 6.15. The van der Waals surface area contributed by atoms with E-state index in [0.717, 1.165) is 58.2 Å². The molecular weight excluding hydrogens is 376 g/mol. The second-order valence-corrected chi connectivity index (χ2v) is 7.96. The van der Waals surface area contributed by atoms with Crippen molar-refractivity contribution in [2.24, 2.45) is 0 Å². The molecule has 0 atom stereocenters. The minimum Gasteiger partial charge on any atom is -0.368 e. The molecule has 0 bridgehead atoms. The van der Waals surface area contributed by atoms with Gasteiger partial charge in [-0.1, -0.05) is 12.1 Å². The highest BCUT2D eigenvalue weighted by molar-refractivity contribution is 5.78. The van der Waals surface area contributed by atoms with Gasteiger partial charge in [0.2, 0.25) is 5.91 Å². The zero-order chi connectivity index (χ0) is 20.9. The number of benzene rings is 1. The molecule has 1 aromatic heterocycles. The third-order valence-electron chi connectivity index (χ3n) is 5.94. The van der Waals surface area contributed by atoms with E-state index in [1.54, 1.807) is 18.3 Å². The van der Waals surface area contributed by atoms with Crippen LogP contribution in [0.5, 0.6) is 0 Å². The summed E-state index contributed by atoms with van der Waals surface area (Å²) < 4.78 is 0. The lowest BCUT2D eigenvalue weighted by atomic mass is 10.2. The highest BCUT2D eigenvalue weighted by Crippen LogP contribution is 2.19. The smallest absolute Gasteiger partial charge is 0.236 e. The number of nitrogens with zero attached hydrogens (tertiary/aromatic N) is 6. The summed E-state index contributed by atoms with van der Waals surface area (Å²) in [5.74, 6) is 0.959. The first-order chi connectivity index (χ1) is 14.6. The fraction of sp³-hybridized carbons (Fsp3) is 0.435. The normalized spacial score (nSPS) is 17.7. The van der Waals surface area contributed by atoms with E-state index < -0.39 is 0 Å². The van der Waals surface area contributed by atoms with Crippen LogP contribution in [0.4, 0.5) is 11.5 Å². The summed E-state index contributed by atoms with van der Waals surface area (Å²) in [5, 5.41) is 9.29. The lowest BCUT2D eigenvalue weighted by molar-refractivity contribution is -0.132. The predicted molar refractivity (Wildman–Crippen MR) is 118 cm³/mol. The minimum absolute atomic E-state index is 0.211. The highest BCUT2D eigenvalue weighted by atomic mass is 16.2. The van der Waals surface area contributed by atoms with Gasteiger partial charge < -0.3 is 14.7 Å². The molecular formula is C23H28N6O. The van der Waals surface area contributed by atoms with E-state index in [-0.39, 0.29) is 5.91 Å². The molecule has 156 valence electrons. The fourth-order valence-corrected chi connectivity index (χ4v) is 4.18. The average Bonchev–Trinajstić information content (AvgIpc) is 2.79. The van der Waals surface area contributed by atoms with Crippen molar-refractivity contribution in [1.82, 2.24) is 14.8 Å². The number of aromatic nitrogens is 1. The highest BCUT2D eigenvalue weighted by Gasteiger charge is 2.25. The van der Waals surface area contributed by atoms with Gasteiger partial charge >= 0.3 is 0 Å². The van der Waals surface area contributed by atoms with Crippen LogP contribution in [0.2, 0.25) is 0 Å². The Morgan fingerprint density at radius 3 is 2.43 bits per heavy atom. The molecule has 2 aliphatic heterocycles. The first-order valence-electron chi connectivity index (χ1n) is 10.6. The van der Waals surface area contributed by atoms with Crippen molar-refractivity contribution in [2.75, 3.05) is 68.7 Å². The number of rotatable bonds is 4. The Morgan fingerprint density at radius 2 is 1.73 bits per heavy atom. The summed E-state index contributed by atoms with van der Waals surface area (Å²) in [6.45, 7) is 9.02. The van der Waals surface area contributed by atoms with Crippen LogP contribution in [0.3, 0.4) is 0 Å². The van der Waals surface area contributed by atoms with Gasteiger partial charge in [-0.15, -0.1) is 0 Å². The van der Waals surface area contributed by atoms with Crippen molar-refractivity contribution in [3.05, 3.63) is 53.7 Å². The molecule has 0 radical (unpaired) electrons. The molecule has 0 saturated carbocycles. The number of anilines is 2. The van der Waals surface area contributed by atoms with Crippen molar-refractivity contribution < 1.29 is 4.79 Å². The van der Waals surface area contributed by atoms with Gasteiger partial charge in [-0.25, -0.2) is 4.98 Å². The molecule has 30 heavy (non-hydrogen) atoms. The third kappa shape index (κ3) is 4.55. The molecule has 7 nitrogen and oxygen atoms in total. The first-order valence-corrected chi connectivity index (χ1v) is 10.6. The topological polar surface area (TPSA) is 66.7 Å². The molecule has 0 unspecified atom stereocenters. The number of pyridine rings is 1. The van der Waals surface area contributed by atoms with Crippen LogP contribution < -0.4 is 9.80 Å².